The lowest BCUT2D eigenvalue weighted by atomic mass is 10.0. The van der Waals surface area contributed by atoms with Crippen molar-refractivity contribution in [2.75, 3.05) is 13.2 Å². The average Bonchev–Trinajstić information content (AvgIpc) is 3.15. The molecule has 28 heavy (non-hydrogen) atoms. The maximum Gasteiger partial charge on any atom is 0.326 e. The zero-order valence-corrected chi connectivity index (χ0v) is 18.0. The summed E-state index contributed by atoms with van der Waals surface area (Å²) >= 11 is 0. The van der Waals surface area contributed by atoms with Gasteiger partial charge in [-0.1, -0.05) is 30.3 Å². The number of ether oxygens (including phenoxy) is 1. The maximum absolute atomic E-state index is 12.7. The first-order valence-electron chi connectivity index (χ1n) is 9.44. The van der Waals surface area contributed by atoms with Crippen molar-refractivity contribution in [3.8, 4) is 0 Å². The van der Waals surface area contributed by atoms with E-state index in [-0.39, 0.29) is 29.5 Å². The van der Waals surface area contributed by atoms with Gasteiger partial charge in [0.15, 0.2) is 0 Å². The largest absolute Gasteiger partial charge is 0.480 e. The van der Waals surface area contributed by atoms with E-state index >= 15 is 0 Å². The van der Waals surface area contributed by atoms with Crippen LogP contribution in [0.3, 0.4) is 0 Å². The highest BCUT2D eigenvalue weighted by Gasteiger charge is 2.36. The third-order valence-corrected chi connectivity index (χ3v) is 4.78. The first kappa shape index (κ1) is 24.1. The zero-order valence-electron chi connectivity index (χ0n) is 16.3. The van der Waals surface area contributed by atoms with E-state index in [4.69, 9.17) is 4.74 Å². The fourth-order valence-electron chi connectivity index (χ4n) is 3.38. The molecular weight excluding hydrogens is 428 g/mol. The first-order chi connectivity index (χ1) is 12.9. The van der Waals surface area contributed by atoms with Crippen molar-refractivity contribution in [1.82, 2.24) is 10.2 Å². The van der Waals surface area contributed by atoms with Crippen molar-refractivity contribution < 1.29 is 24.2 Å². The molecule has 0 spiro atoms. The molecule has 0 saturated carbocycles. The van der Waals surface area contributed by atoms with E-state index in [1.165, 1.54) is 4.90 Å². The number of carboxylic acid groups (broad SMARTS) is 1. The molecule has 1 aromatic rings. The van der Waals surface area contributed by atoms with Gasteiger partial charge in [-0.05, 0) is 45.1 Å². The Hall–Kier alpha value is -1.93. The van der Waals surface area contributed by atoms with E-state index in [0.717, 1.165) is 5.56 Å². The summed E-state index contributed by atoms with van der Waals surface area (Å²) in [5, 5.41) is 12.3. The molecule has 0 radical (unpaired) electrons. The summed E-state index contributed by atoms with van der Waals surface area (Å²) in [5.74, 6) is -1.68. The van der Waals surface area contributed by atoms with Gasteiger partial charge in [0.05, 0.1) is 12.6 Å². The molecule has 8 heteroatoms. The lowest BCUT2D eigenvalue weighted by Gasteiger charge is -2.27. The van der Waals surface area contributed by atoms with Crippen molar-refractivity contribution in [1.29, 1.82) is 0 Å². The maximum atomic E-state index is 12.7. The van der Waals surface area contributed by atoms with Gasteiger partial charge in [0.2, 0.25) is 5.91 Å². The number of nitrogens with zero attached hydrogens (tertiary/aromatic N) is 1. The summed E-state index contributed by atoms with van der Waals surface area (Å²) in [4.78, 5) is 37.7. The van der Waals surface area contributed by atoms with Crippen LogP contribution in [0.25, 0.3) is 0 Å². The molecule has 1 heterocycles. The number of esters is 1. The van der Waals surface area contributed by atoms with Crippen molar-refractivity contribution >= 4 is 34.8 Å². The highest BCUT2D eigenvalue weighted by atomic mass is 79.9. The highest BCUT2D eigenvalue weighted by molar-refractivity contribution is 8.93. The van der Waals surface area contributed by atoms with Gasteiger partial charge in [0, 0.05) is 6.54 Å². The lowest BCUT2D eigenvalue weighted by molar-refractivity contribution is -0.150. The van der Waals surface area contributed by atoms with Crippen molar-refractivity contribution in [3.63, 3.8) is 0 Å². The summed E-state index contributed by atoms with van der Waals surface area (Å²) in [7, 11) is 0. The van der Waals surface area contributed by atoms with Crippen LogP contribution in [0.5, 0.6) is 0 Å². The minimum Gasteiger partial charge on any atom is -0.480 e. The number of carbonyl (C=O) groups is 3. The molecule has 1 aliphatic heterocycles. The Labute approximate surface area is 176 Å². The van der Waals surface area contributed by atoms with Gasteiger partial charge >= 0.3 is 11.9 Å². The Bertz CT molecular complexity index is 655. The van der Waals surface area contributed by atoms with Crippen LogP contribution >= 0.6 is 17.0 Å². The Morgan fingerprint density at radius 1 is 1.29 bits per heavy atom. The quantitative estimate of drug-likeness (QED) is 0.552. The second-order valence-electron chi connectivity index (χ2n) is 6.75. The average molecular weight is 457 g/mol. The van der Waals surface area contributed by atoms with E-state index in [2.05, 4.69) is 5.32 Å². The van der Waals surface area contributed by atoms with E-state index in [1.54, 1.807) is 13.8 Å². The number of aryl methyl sites for hydroxylation is 1. The Morgan fingerprint density at radius 3 is 2.57 bits per heavy atom. The van der Waals surface area contributed by atoms with Crippen molar-refractivity contribution in [2.45, 2.75) is 57.7 Å². The topological polar surface area (TPSA) is 95.9 Å². The number of likely N-dealkylation sites (tertiary alicyclic amines) is 1. The number of carboxylic acids is 1. The van der Waals surface area contributed by atoms with Gasteiger partial charge in [-0.25, -0.2) is 4.79 Å². The highest BCUT2D eigenvalue weighted by Crippen LogP contribution is 2.19. The van der Waals surface area contributed by atoms with Gasteiger partial charge < -0.3 is 14.7 Å². The number of aliphatic carboxylic acids is 1. The van der Waals surface area contributed by atoms with Crippen LogP contribution in [0.4, 0.5) is 0 Å². The Kier molecular flexibility index (Phi) is 10.2. The summed E-state index contributed by atoms with van der Waals surface area (Å²) < 4.78 is 5.14. The zero-order chi connectivity index (χ0) is 19.8. The summed E-state index contributed by atoms with van der Waals surface area (Å²) in [6, 6.07) is 7.69. The summed E-state index contributed by atoms with van der Waals surface area (Å²) in [6.45, 7) is 4.09. The van der Waals surface area contributed by atoms with Gasteiger partial charge in [0.1, 0.15) is 12.1 Å². The molecule has 1 saturated heterocycles. The second-order valence-corrected chi connectivity index (χ2v) is 6.75. The van der Waals surface area contributed by atoms with Crippen LogP contribution < -0.4 is 5.32 Å². The Balaban J connectivity index is 0.00000392. The van der Waals surface area contributed by atoms with Crippen molar-refractivity contribution in [3.05, 3.63) is 35.9 Å². The third kappa shape index (κ3) is 6.60. The van der Waals surface area contributed by atoms with Crippen LogP contribution in [-0.2, 0) is 25.5 Å². The molecule has 1 fully saturated rings. The molecule has 0 aromatic heterocycles. The molecule has 2 rings (SSSR count). The number of amides is 1. The van der Waals surface area contributed by atoms with Crippen LogP contribution in [0.1, 0.15) is 38.7 Å². The fraction of sp³-hybridized carbons (Fsp3) is 0.550. The van der Waals surface area contributed by atoms with E-state index in [0.29, 0.717) is 32.2 Å². The number of hydrogen-bond acceptors (Lipinski definition) is 5. The van der Waals surface area contributed by atoms with Gasteiger partial charge in [-0.15, -0.1) is 17.0 Å². The van der Waals surface area contributed by atoms with Crippen LogP contribution in [0, 0.1) is 0 Å². The molecule has 0 bridgehead atoms. The molecule has 1 aliphatic rings. The third-order valence-electron chi connectivity index (χ3n) is 4.78. The number of halogens is 1. The van der Waals surface area contributed by atoms with Crippen LogP contribution in [0.2, 0.25) is 0 Å². The molecule has 0 unspecified atom stereocenters. The molecule has 0 aliphatic carbocycles. The lowest BCUT2D eigenvalue weighted by Crippen LogP contribution is -2.53. The molecule has 1 aromatic carbocycles. The molecule has 1 amide bonds. The molecule has 3 atom stereocenters. The number of hydrogen-bond donors (Lipinski definition) is 2. The fourth-order valence-corrected chi connectivity index (χ4v) is 3.38. The van der Waals surface area contributed by atoms with Gasteiger partial charge in [-0.2, -0.15) is 0 Å². The molecule has 2 N–H and O–H groups in total. The van der Waals surface area contributed by atoms with Crippen LogP contribution in [-0.4, -0.2) is 59.1 Å². The minimum absolute atomic E-state index is 0. The number of nitrogens with one attached hydrogen (secondary N) is 1. The second kappa shape index (κ2) is 11.8. The smallest absolute Gasteiger partial charge is 0.326 e. The van der Waals surface area contributed by atoms with Crippen LogP contribution in [0.15, 0.2) is 30.3 Å². The van der Waals surface area contributed by atoms with Gasteiger partial charge in [0.25, 0.3) is 0 Å². The monoisotopic (exact) mass is 456 g/mol. The molecular formula is C20H29BrN2O5. The number of carbonyl (C=O) groups excluding carboxylic acids is 2. The van der Waals surface area contributed by atoms with Crippen molar-refractivity contribution in [2.24, 2.45) is 0 Å². The predicted molar refractivity (Wildman–Crippen MR) is 110 cm³/mol. The summed E-state index contributed by atoms with van der Waals surface area (Å²) in [5.41, 5.74) is 1.10. The molecule has 156 valence electrons. The SMILES string of the molecule is Br.CCOC(=O)[C@H](CCc1ccccc1)N[C@@H](C)C(=O)N1CCC[C@H]1C(=O)O. The van der Waals surface area contributed by atoms with E-state index < -0.39 is 30.1 Å². The standard InChI is InChI=1S/C20H28N2O5.BrH/c1-3-27-20(26)16(12-11-15-8-5-4-6-9-15)21-14(2)18(23)22-13-7-10-17(22)19(24)25;/h4-6,8-9,14,16-17,21H,3,7,10-13H2,1-2H3,(H,24,25);1H/t14-,16-,17-;/m0./s1. The number of rotatable bonds is 9. The first-order valence-corrected chi connectivity index (χ1v) is 9.44. The van der Waals surface area contributed by atoms with E-state index in [9.17, 15) is 19.5 Å². The Morgan fingerprint density at radius 2 is 1.96 bits per heavy atom. The van der Waals surface area contributed by atoms with E-state index in [1.807, 2.05) is 30.3 Å². The van der Waals surface area contributed by atoms with Gasteiger partial charge in [-0.3, -0.25) is 14.9 Å². The predicted octanol–water partition coefficient (Wildman–Crippen LogP) is 2.18. The summed E-state index contributed by atoms with van der Waals surface area (Å²) in [6.07, 6.45) is 2.29. The minimum atomic E-state index is -0.987. The number of benzene rings is 1. The normalized spacial score (nSPS) is 18.1. The molecule has 7 nitrogen and oxygen atoms in total.